The SMILES string of the molecule is CCc1cnc(-c2nn(Cc3ccccc3F)c3c(F)cccc23)nc1N. The zero-order valence-corrected chi connectivity index (χ0v) is 14.7. The average molecular weight is 365 g/mol. The molecule has 2 aromatic heterocycles. The van der Waals surface area contributed by atoms with Crippen molar-refractivity contribution in [1.29, 1.82) is 0 Å². The Morgan fingerprint density at radius 3 is 2.52 bits per heavy atom. The van der Waals surface area contributed by atoms with E-state index >= 15 is 0 Å². The second kappa shape index (κ2) is 6.75. The van der Waals surface area contributed by atoms with Crippen molar-refractivity contribution in [1.82, 2.24) is 19.7 Å². The summed E-state index contributed by atoms with van der Waals surface area (Å²) >= 11 is 0. The number of hydrogen-bond donors (Lipinski definition) is 1. The fourth-order valence-electron chi connectivity index (χ4n) is 3.07. The van der Waals surface area contributed by atoms with Crippen LogP contribution < -0.4 is 5.73 Å². The van der Waals surface area contributed by atoms with Crippen LogP contribution in [0.3, 0.4) is 0 Å². The Balaban J connectivity index is 1.89. The summed E-state index contributed by atoms with van der Waals surface area (Å²) in [4.78, 5) is 8.66. The minimum absolute atomic E-state index is 0.0899. The molecule has 0 aliphatic rings. The number of nitrogens with two attached hydrogens (primary N) is 1. The molecule has 27 heavy (non-hydrogen) atoms. The number of nitrogens with zero attached hydrogens (tertiary/aromatic N) is 4. The lowest BCUT2D eigenvalue weighted by Crippen LogP contribution is -2.05. The molecule has 0 unspecified atom stereocenters. The number of anilines is 1. The first-order valence-corrected chi connectivity index (χ1v) is 8.58. The van der Waals surface area contributed by atoms with Crippen molar-refractivity contribution in [3.63, 3.8) is 0 Å². The van der Waals surface area contributed by atoms with Crippen molar-refractivity contribution < 1.29 is 8.78 Å². The van der Waals surface area contributed by atoms with Crippen molar-refractivity contribution in [2.24, 2.45) is 0 Å². The fraction of sp³-hybridized carbons (Fsp3) is 0.150. The predicted octanol–water partition coefficient (Wildman–Crippen LogP) is 3.96. The molecule has 0 saturated heterocycles. The molecule has 0 aliphatic heterocycles. The number of aryl methyl sites for hydroxylation is 1. The Morgan fingerprint density at radius 2 is 1.78 bits per heavy atom. The highest BCUT2D eigenvalue weighted by Gasteiger charge is 2.19. The molecule has 0 bridgehead atoms. The third-order valence-corrected chi connectivity index (χ3v) is 4.49. The molecular weight excluding hydrogens is 348 g/mol. The van der Waals surface area contributed by atoms with Gasteiger partial charge in [-0.15, -0.1) is 0 Å². The maximum absolute atomic E-state index is 14.6. The Bertz CT molecular complexity index is 1140. The Labute approximate surface area is 154 Å². The fourth-order valence-corrected chi connectivity index (χ4v) is 3.07. The smallest absolute Gasteiger partial charge is 0.182 e. The van der Waals surface area contributed by atoms with Gasteiger partial charge in [-0.25, -0.2) is 18.7 Å². The quantitative estimate of drug-likeness (QED) is 0.594. The van der Waals surface area contributed by atoms with E-state index < -0.39 is 5.82 Å². The lowest BCUT2D eigenvalue weighted by atomic mass is 10.1. The van der Waals surface area contributed by atoms with Gasteiger partial charge in [-0.3, -0.25) is 4.68 Å². The lowest BCUT2D eigenvalue weighted by molar-refractivity contribution is 0.581. The molecule has 2 N–H and O–H groups in total. The summed E-state index contributed by atoms with van der Waals surface area (Å²) in [6.45, 7) is 2.05. The van der Waals surface area contributed by atoms with Crippen LogP contribution in [0.5, 0.6) is 0 Å². The van der Waals surface area contributed by atoms with Crippen LogP contribution in [0.25, 0.3) is 22.4 Å². The maximum Gasteiger partial charge on any atom is 0.182 e. The standard InChI is InChI=1S/C20H17F2N5/c1-2-12-10-24-20(25-19(12)23)17-14-7-5-9-16(22)18(14)27(26-17)11-13-6-3-4-8-15(13)21/h3-10H,2,11H2,1H3,(H2,23,24,25). The molecule has 7 heteroatoms. The zero-order valence-electron chi connectivity index (χ0n) is 14.7. The van der Waals surface area contributed by atoms with Gasteiger partial charge in [0.1, 0.15) is 28.7 Å². The van der Waals surface area contributed by atoms with Crippen LogP contribution in [0, 0.1) is 11.6 Å². The summed E-state index contributed by atoms with van der Waals surface area (Å²) in [5, 5.41) is 5.03. The van der Waals surface area contributed by atoms with Crippen LogP contribution in [0.4, 0.5) is 14.6 Å². The molecule has 0 saturated carbocycles. The van der Waals surface area contributed by atoms with Crippen LogP contribution in [0.15, 0.2) is 48.7 Å². The van der Waals surface area contributed by atoms with Crippen LogP contribution >= 0.6 is 0 Å². The summed E-state index contributed by atoms with van der Waals surface area (Å²) in [7, 11) is 0. The number of benzene rings is 2. The molecule has 4 rings (SSSR count). The number of halogens is 2. The summed E-state index contributed by atoms with van der Waals surface area (Å²) in [6, 6.07) is 11.0. The number of aromatic nitrogens is 4. The van der Waals surface area contributed by atoms with E-state index in [4.69, 9.17) is 5.73 Å². The van der Waals surface area contributed by atoms with Gasteiger partial charge < -0.3 is 5.73 Å². The van der Waals surface area contributed by atoms with Gasteiger partial charge in [0.25, 0.3) is 0 Å². The maximum atomic E-state index is 14.6. The van der Waals surface area contributed by atoms with Gasteiger partial charge >= 0.3 is 0 Å². The second-order valence-corrected chi connectivity index (χ2v) is 6.19. The van der Waals surface area contributed by atoms with Crippen LogP contribution in [-0.4, -0.2) is 19.7 Å². The zero-order chi connectivity index (χ0) is 19.0. The highest BCUT2D eigenvalue weighted by atomic mass is 19.1. The third-order valence-electron chi connectivity index (χ3n) is 4.49. The average Bonchev–Trinajstić information content (AvgIpc) is 3.03. The van der Waals surface area contributed by atoms with Gasteiger partial charge in [-0.1, -0.05) is 37.3 Å². The second-order valence-electron chi connectivity index (χ2n) is 6.19. The van der Waals surface area contributed by atoms with Gasteiger partial charge in [0.15, 0.2) is 5.82 Å². The van der Waals surface area contributed by atoms with Crippen LogP contribution in [0.2, 0.25) is 0 Å². The van der Waals surface area contributed by atoms with E-state index in [9.17, 15) is 8.78 Å². The van der Waals surface area contributed by atoms with Crippen molar-refractivity contribution >= 4 is 16.7 Å². The molecule has 2 heterocycles. The Morgan fingerprint density at radius 1 is 1.00 bits per heavy atom. The summed E-state index contributed by atoms with van der Waals surface area (Å²) < 4.78 is 30.1. The highest BCUT2D eigenvalue weighted by Crippen LogP contribution is 2.29. The Hall–Kier alpha value is -3.35. The van der Waals surface area contributed by atoms with E-state index in [-0.39, 0.29) is 17.9 Å². The predicted molar refractivity (Wildman–Crippen MR) is 100 cm³/mol. The molecule has 0 radical (unpaired) electrons. The van der Waals surface area contributed by atoms with Gasteiger partial charge in [-0.2, -0.15) is 5.10 Å². The number of rotatable bonds is 4. The van der Waals surface area contributed by atoms with E-state index in [1.54, 1.807) is 36.5 Å². The summed E-state index contributed by atoms with van der Waals surface area (Å²) in [5.74, 6) is -0.129. The highest BCUT2D eigenvalue weighted by molar-refractivity contribution is 5.92. The monoisotopic (exact) mass is 365 g/mol. The molecular formula is C20H17F2N5. The van der Waals surface area contributed by atoms with Crippen molar-refractivity contribution in [3.05, 3.63) is 71.4 Å². The van der Waals surface area contributed by atoms with E-state index in [1.807, 2.05) is 6.92 Å². The lowest BCUT2D eigenvalue weighted by Gasteiger charge is -2.05. The van der Waals surface area contributed by atoms with Gasteiger partial charge in [0.05, 0.1) is 6.54 Å². The first-order valence-electron chi connectivity index (χ1n) is 8.58. The number of fused-ring (bicyclic) bond motifs is 1. The number of hydrogen-bond acceptors (Lipinski definition) is 4. The minimum atomic E-state index is -0.444. The molecule has 0 atom stereocenters. The van der Waals surface area contributed by atoms with E-state index in [0.29, 0.717) is 34.7 Å². The molecule has 5 nitrogen and oxygen atoms in total. The molecule has 0 spiro atoms. The molecule has 136 valence electrons. The van der Waals surface area contributed by atoms with Crippen LogP contribution in [0.1, 0.15) is 18.1 Å². The Kier molecular flexibility index (Phi) is 4.27. The first-order chi connectivity index (χ1) is 13.1. The summed E-state index contributed by atoms with van der Waals surface area (Å²) in [5.41, 5.74) is 7.92. The first kappa shape index (κ1) is 17.1. The number of nitrogen functional groups attached to an aromatic ring is 1. The molecule has 0 amide bonds. The molecule has 0 fully saturated rings. The topological polar surface area (TPSA) is 69.6 Å². The molecule has 4 aromatic rings. The van der Waals surface area contributed by atoms with Crippen molar-refractivity contribution in [3.8, 4) is 11.5 Å². The van der Waals surface area contributed by atoms with Gasteiger partial charge in [-0.05, 0) is 18.6 Å². The molecule has 2 aromatic carbocycles. The molecule has 0 aliphatic carbocycles. The van der Waals surface area contributed by atoms with E-state index in [0.717, 1.165) is 5.56 Å². The van der Waals surface area contributed by atoms with Crippen LogP contribution in [-0.2, 0) is 13.0 Å². The van der Waals surface area contributed by atoms with Crippen molar-refractivity contribution in [2.45, 2.75) is 19.9 Å². The minimum Gasteiger partial charge on any atom is -0.383 e. The normalized spacial score (nSPS) is 11.2. The van der Waals surface area contributed by atoms with E-state index in [2.05, 4.69) is 15.1 Å². The number of para-hydroxylation sites is 1. The van der Waals surface area contributed by atoms with E-state index in [1.165, 1.54) is 16.8 Å². The van der Waals surface area contributed by atoms with Gasteiger partial charge in [0.2, 0.25) is 0 Å². The van der Waals surface area contributed by atoms with Crippen molar-refractivity contribution in [2.75, 3.05) is 5.73 Å². The van der Waals surface area contributed by atoms with Gasteiger partial charge in [0, 0.05) is 22.7 Å². The summed E-state index contributed by atoms with van der Waals surface area (Å²) in [6.07, 6.45) is 2.36. The third kappa shape index (κ3) is 3.01. The largest absolute Gasteiger partial charge is 0.383 e.